The van der Waals surface area contributed by atoms with Crippen molar-refractivity contribution in [1.82, 2.24) is 10.2 Å². The van der Waals surface area contributed by atoms with Crippen LogP contribution in [-0.4, -0.2) is 46.9 Å². The molecule has 0 aromatic rings. The first-order valence-corrected chi connectivity index (χ1v) is 7.26. The number of rotatable bonds is 7. The van der Waals surface area contributed by atoms with Crippen molar-refractivity contribution in [3.05, 3.63) is 0 Å². The van der Waals surface area contributed by atoms with E-state index in [0.29, 0.717) is 6.54 Å². The molecule has 1 aliphatic rings. The van der Waals surface area contributed by atoms with Crippen LogP contribution in [0.25, 0.3) is 0 Å². The van der Waals surface area contributed by atoms with Gasteiger partial charge in [-0.25, -0.2) is 0 Å². The van der Waals surface area contributed by atoms with Crippen LogP contribution < -0.4 is 5.32 Å². The molecule has 6 nitrogen and oxygen atoms in total. The lowest BCUT2D eigenvalue weighted by Crippen LogP contribution is -2.48. The summed E-state index contributed by atoms with van der Waals surface area (Å²) in [6.45, 7) is 4.06. The Kier molecular flexibility index (Phi) is 6.48. The Morgan fingerprint density at radius 1 is 1.30 bits per heavy atom. The molecule has 0 spiro atoms. The van der Waals surface area contributed by atoms with Gasteiger partial charge in [-0.3, -0.25) is 14.4 Å². The van der Waals surface area contributed by atoms with E-state index in [4.69, 9.17) is 5.11 Å². The van der Waals surface area contributed by atoms with Crippen molar-refractivity contribution in [3.63, 3.8) is 0 Å². The van der Waals surface area contributed by atoms with Gasteiger partial charge in [-0.2, -0.15) is 0 Å². The zero-order valence-corrected chi connectivity index (χ0v) is 12.2. The van der Waals surface area contributed by atoms with E-state index < -0.39 is 12.0 Å². The first-order chi connectivity index (χ1) is 9.45. The predicted molar refractivity (Wildman–Crippen MR) is 74.1 cm³/mol. The Morgan fingerprint density at radius 3 is 2.40 bits per heavy atom. The lowest BCUT2D eigenvalue weighted by molar-refractivity contribution is -0.140. The number of nitrogens with zero attached hydrogens (tertiary/aromatic N) is 1. The van der Waals surface area contributed by atoms with E-state index in [0.717, 1.165) is 25.7 Å². The molecule has 0 aliphatic heterocycles. The molecule has 1 rings (SSSR count). The molecule has 0 saturated heterocycles. The van der Waals surface area contributed by atoms with E-state index in [2.05, 4.69) is 5.32 Å². The summed E-state index contributed by atoms with van der Waals surface area (Å²) in [7, 11) is 0. The molecule has 1 atom stereocenters. The molecule has 0 radical (unpaired) electrons. The van der Waals surface area contributed by atoms with Crippen molar-refractivity contribution >= 4 is 17.8 Å². The van der Waals surface area contributed by atoms with Crippen molar-refractivity contribution in [1.29, 1.82) is 0 Å². The van der Waals surface area contributed by atoms with Crippen LogP contribution in [0.3, 0.4) is 0 Å². The summed E-state index contributed by atoms with van der Waals surface area (Å²) in [5.74, 6) is -1.18. The van der Waals surface area contributed by atoms with Gasteiger partial charge in [0.25, 0.3) is 0 Å². The summed E-state index contributed by atoms with van der Waals surface area (Å²) >= 11 is 0. The van der Waals surface area contributed by atoms with E-state index in [9.17, 15) is 14.4 Å². The highest BCUT2D eigenvalue weighted by Gasteiger charge is 2.27. The number of amides is 2. The standard InChI is InChI=1S/C14H24N2O4/c1-3-16(9-8-12(17)18)14(20)10(2)15-13(19)11-6-4-5-7-11/h10-11H,3-9H2,1-2H3,(H,15,19)(H,17,18). The Hall–Kier alpha value is -1.59. The SMILES string of the molecule is CCN(CCC(=O)O)C(=O)C(C)NC(=O)C1CCCC1. The van der Waals surface area contributed by atoms with Crippen molar-refractivity contribution < 1.29 is 19.5 Å². The van der Waals surface area contributed by atoms with Gasteiger partial charge in [0.05, 0.1) is 6.42 Å². The molecule has 1 aliphatic carbocycles. The minimum absolute atomic E-state index is 0.0272. The highest BCUT2D eigenvalue weighted by atomic mass is 16.4. The highest BCUT2D eigenvalue weighted by Crippen LogP contribution is 2.24. The third-order valence-electron chi connectivity index (χ3n) is 3.74. The number of carbonyl (C=O) groups is 3. The Labute approximate surface area is 119 Å². The number of aliphatic carboxylic acids is 1. The summed E-state index contributed by atoms with van der Waals surface area (Å²) in [6, 6.07) is -0.600. The fourth-order valence-electron chi connectivity index (χ4n) is 2.51. The second kappa shape index (κ2) is 7.87. The molecule has 114 valence electrons. The van der Waals surface area contributed by atoms with Crippen LogP contribution in [-0.2, 0) is 14.4 Å². The van der Waals surface area contributed by atoms with Crippen LogP contribution in [0, 0.1) is 5.92 Å². The highest BCUT2D eigenvalue weighted by molar-refractivity contribution is 5.88. The van der Waals surface area contributed by atoms with Crippen molar-refractivity contribution in [3.8, 4) is 0 Å². The smallest absolute Gasteiger partial charge is 0.305 e. The van der Waals surface area contributed by atoms with Gasteiger partial charge in [0.1, 0.15) is 6.04 Å². The number of carbonyl (C=O) groups excluding carboxylic acids is 2. The van der Waals surface area contributed by atoms with E-state index >= 15 is 0 Å². The molecule has 0 heterocycles. The summed E-state index contributed by atoms with van der Waals surface area (Å²) in [6.07, 6.45) is 3.84. The minimum Gasteiger partial charge on any atom is -0.481 e. The molecule has 6 heteroatoms. The maximum atomic E-state index is 12.2. The summed E-state index contributed by atoms with van der Waals surface area (Å²) < 4.78 is 0. The number of nitrogens with one attached hydrogen (secondary N) is 1. The second-order valence-corrected chi connectivity index (χ2v) is 5.27. The van der Waals surface area contributed by atoms with Crippen LogP contribution in [0.4, 0.5) is 0 Å². The summed E-state index contributed by atoms with van der Waals surface area (Å²) in [4.78, 5) is 36.1. The minimum atomic E-state index is -0.932. The molecule has 2 N–H and O–H groups in total. The normalized spacial score (nSPS) is 16.7. The topological polar surface area (TPSA) is 86.7 Å². The third-order valence-corrected chi connectivity index (χ3v) is 3.74. The average Bonchev–Trinajstić information content (AvgIpc) is 2.92. The van der Waals surface area contributed by atoms with E-state index in [1.807, 2.05) is 0 Å². The molecule has 1 saturated carbocycles. The Balaban J connectivity index is 2.46. The van der Waals surface area contributed by atoms with Gasteiger partial charge >= 0.3 is 5.97 Å². The van der Waals surface area contributed by atoms with Crippen molar-refractivity contribution in [2.45, 2.75) is 52.0 Å². The fourth-order valence-corrected chi connectivity index (χ4v) is 2.51. The summed E-state index contributed by atoms with van der Waals surface area (Å²) in [5.41, 5.74) is 0. The maximum Gasteiger partial charge on any atom is 0.305 e. The van der Waals surface area contributed by atoms with Gasteiger partial charge in [0.2, 0.25) is 11.8 Å². The molecule has 0 aromatic heterocycles. The van der Waals surface area contributed by atoms with Gasteiger partial charge < -0.3 is 15.3 Å². The second-order valence-electron chi connectivity index (χ2n) is 5.27. The third kappa shape index (κ3) is 4.83. The molecule has 2 amide bonds. The molecule has 20 heavy (non-hydrogen) atoms. The quantitative estimate of drug-likeness (QED) is 0.730. The molecular weight excluding hydrogens is 260 g/mol. The first-order valence-electron chi connectivity index (χ1n) is 7.26. The van der Waals surface area contributed by atoms with E-state index in [1.165, 1.54) is 4.90 Å². The molecular formula is C14H24N2O4. The lowest BCUT2D eigenvalue weighted by atomic mass is 10.1. The predicted octanol–water partition coefficient (Wildman–Crippen LogP) is 1.00. The average molecular weight is 284 g/mol. The van der Waals surface area contributed by atoms with E-state index in [1.54, 1.807) is 13.8 Å². The fraction of sp³-hybridized carbons (Fsp3) is 0.786. The molecule has 1 fully saturated rings. The zero-order chi connectivity index (χ0) is 15.1. The number of hydrogen-bond acceptors (Lipinski definition) is 3. The lowest BCUT2D eigenvalue weighted by Gasteiger charge is -2.25. The van der Waals surface area contributed by atoms with Crippen LogP contribution in [0.1, 0.15) is 46.0 Å². The van der Waals surface area contributed by atoms with Crippen LogP contribution >= 0.6 is 0 Å². The van der Waals surface area contributed by atoms with Gasteiger partial charge in [-0.05, 0) is 26.7 Å². The monoisotopic (exact) mass is 284 g/mol. The number of carboxylic acid groups (broad SMARTS) is 1. The summed E-state index contributed by atoms with van der Waals surface area (Å²) in [5, 5.41) is 11.4. The van der Waals surface area contributed by atoms with Gasteiger partial charge in [-0.1, -0.05) is 12.8 Å². The molecule has 0 aromatic carbocycles. The Morgan fingerprint density at radius 2 is 1.90 bits per heavy atom. The number of likely N-dealkylation sites (N-methyl/N-ethyl adjacent to an activating group) is 1. The van der Waals surface area contributed by atoms with Crippen molar-refractivity contribution in [2.75, 3.05) is 13.1 Å². The molecule has 0 bridgehead atoms. The first kappa shape index (κ1) is 16.5. The zero-order valence-electron chi connectivity index (χ0n) is 12.2. The largest absolute Gasteiger partial charge is 0.481 e. The van der Waals surface area contributed by atoms with Crippen LogP contribution in [0.2, 0.25) is 0 Å². The van der Waals surface area contributed by atoms with E-state index in [-0.39, 0.29) is 30.7 Å². The number of carboxylic acids is 1. The molecule has 1 unspecified atom stereocenters. The Bertz CT molecular complexity index is 364. The van der Waals surface area contributed by atoms with Crippen molar-refractivity contribution in [2.24, 2.45) is 5.92 Å². The number of hydrogen-bond donors (Lipinski definition) is 2. The van der Waals surface area contributed by atoms with Crippen LogP contribution in [0.15, 0.2) is 0 Å². The van der Waals surface area contributed by atoms with Gasteiger partial charge in [0.15, 0.2) is 0 Å². The maximum absolute atomic E-state index is 12.2. The van der Waals surface area contributed by atoms with Gasteiger partial charge in [0, 0.05) is 19.0 Å². The van der Waals surface area contributed by atoms with Crippen LogP contribution in [0.5, 0.6) is 0 Å². The van der Waals surface area contributed by atoms with Gasteiger partial charge in [-0.15, -0.1) is 0 Å².